The number of carbonyl (C=O) groups is 1. The summed E-state index contributed by atoms with van der Waals surface area (Å²) in [5.74, 6) is -0.189. The van der Waals surface area contributed by atoms with Gasteiger partial charge in [0.25, 0.3) is 0 Å². The van der Waals surface area contributed by atoms with Crippen LogP contribution >= 0.6 is 0 Å². The number of benzene rings is 1. The summed E-state index contributed by atoms with van der Waals surface area (Å²) in [6, 6.07) is 6.04. The topological polar surface area (TPSA) is 38.3 Å². The summed E-state index contributed by atoms with van der Waals surface area (Å²) < 4.78 is 39.8. The van der Waals surface area contributed by atoms with E-state index in [0.29, 0.717) is 12.8 Å². The number of hydrogen-bond acceptors (Lipinski definition) is 2. The molecule has 1 amide bonds. The molecule has 1 aromatic carbocycles. The lowest BCUT2D eigenvalue weighted by Gasteiger charge is -2.09. The molecule has 0 aliphatic rings. The third-order valence-corrected chi connectivity index (χ3v) is 2.95. The lowest BCUT2D eigenvalue weighted by atomic mass is 10.0. The van der Waals surface area contributed by atoms with Crippen molar-refractivity contribution in [1.29, 1.82) is 0 Å². The fourth-order valence-corrected chi connectivity index (χ4v) is 1.91. The van der Waals surface area contributed by atoms with Crippen molar-refractivity contribution in [1.82, 2.24) is 5.32 Å². The SMILES string of the molecule is Cc1ccc(CCC(=O)NCCOCC(F)(F)F)c(C)c1. The molecular weight excluding hydrogens is 283 g/mol. The standard InChI is InChI=1S/C15H20F3NO2/c1-11-3-4-13(12(2)9-11)5-6-14(20)19-7-8-21-10-15(16,17)18/h3-4,9H,5-8,10H2,1-2H3,(H,19,20). The predicted molar refractivity (Wildman–Crippen MR) is 74.1 cm³/mol. The molecular formula is C15H20F3NO2. The Morgan fingerprint density at radius 3 is 2.62 bits per heavy atom. The number of aryl methyl sites for hydroxylation is 3. The van der Waals surface area contributed by atoms with Crippen molar-refractivity contribution in [2.75, 3.05) is 19.8 Å². The van der Waals surface area contributed by atoms with E-state index in [2.05, 4.69) is 16.1 Å². The number of ether oxygens (including phenoxy) is 1. The first-order valence-corrected chi connectivity index (χ1v) is 6.75. The van der Waals surface area contributed by atoms with Crippen LogP contribution in [0.25, 0.3) is 0 Å². The molecule has 21 heavy (non-hydrogen) atoms. The summed E-state index contributed by atoms with van der Waals surface area (Å²) in [6.07, 6.45) is -3.41. The number of halogens is 3. The second-order valence-electron chi connectivity index (χ2n) is 4.95. The molecule has 1 N–H and O–H groups in total. The third kappa shape index (κ3) is 7.70. The molecule has 0 aliphatic carbocycles. The van der Waals surface area contributed by atoms with Gasteiger partial charge in [0.05, 0.1) is 6.61 Å². The first-order chi connectivity index (χ1) is 9.78. The van der Waals surface area contributed by atoms with Gasteiger partial charge in [-0.15, -0.1) is 0 Å². The van der Waals surface area contributed by atoms with E-state index in [0.717, 1.165) is 11.1 Å². The van der Waals surface area contributed by atoms with Gasteiger partial charge in [0.15, 0.2) is 0 Å². The van der Waals surface area contributed by atoms with E-state index in [4.69, 9.17) is 0 Å². The Balaban J connectivity index is 2.19. The monoisotopic (exact) mass is 303 g/mol. The van der Waals surface area contributed by atoms with Gasteiger partial charge in [-0.1, -0.05) is 23.8 Å². The number of amides is 1. The minimum Gasteiger partial charge on any atom is -0.370 e. The van der Waals surface area contributed by atoms with Gasteiger partial charge in [-0.05, 0) is 31.4 Å². The van der Waals surface area contributed by atoms with Crippen LogP contribution in [0.5, 0.6) is 0 Å². The molecule has 0 spiro atoms. The van der Waals surface area contributed by atoms with E-state index in [1.807, 2.05) is 26.0 Å². The molecule has 0 atom stereocenters. The molecule has 0 unspecified atom stereocenters. The Bertz CT molecular complexity index is 472. The van der Waals surface area contributed by atoms with E-state index in [9.17, 15) is 18.0 Å². The van der Waals surface area contributed by atoms with E-state index < -0.39 is 12.8 Å². The van der Waals surface area contributed by atoms with Crippen LogP contribution in [0.15, 0.2) is 18.2 Å². The number of nitrogens with one attached hydrogen (secondary N) is 1. The average molecular weight is 303 g/mol. The second-order valence-corrected chi connectivity index (χ2v) is 4.95. The van der Waals surface area contributed by atoms with E-state index in [-0.39, 0.29) is 19.1 Å². The highest BCUT2D eigenvalue weighted by Gasteiger charge is 2.27. The first kappa shape index (κ1) is 17.5. The fourth-order valence-electron chi connectivity index (χ4n) is 1.91. The first-order valence-electron chi connectivity index (χ1n) is 6.75. The molecule has 3 nitrogen and oxygen atoms in total. The Hall–Kier alpha value is -1.56. The summed E-state index contributed by atoms with van der Waals surface area (Å²) in [6.45, 7) is 2.65. The van der Waals surface area contributed by atoms with Crippen LogP contribution in [-0.2, 0) is 16.0 Å². The normalized spacial score (nSPS) is 11.5. The molecule has 0 fully saturated rings. The van der Waals surface area contributed by atoms with Crippen LogP contribution in [0.1, 0.15) is 23.1 Å². The quantitative estimate of drug-likeness (QED) is 0.787. The minimum atomic E-state index is -4.33. The summed E-state index contributed by atoms with van der Waals surface area (Å²) in [4.78, 5) is 11.6. The van der Waals surface area contributed by atoms with Gasteiger partial charge in [-0.25, -0.2) is 0 Å². The lowest BCUT2D eigenvalue weighted by Crippen LogP contribution is -2.29. The van der Waals surface area contributed by atoms with Crippen molar-refractivity contribution in [3.63, 3.8) is 0 Å². The molecule has 6 heteroatoms. The van der Waals surface area contributed by atoms with Gasteiger partial charge in [0, 0.05) is 13.0 Å². The van der Waals surface area contributed by atoms with Crippen LogP contribution in [0.3, 0.4) is 0 Å². The average Bonchev–Trinajstić information content (AvgIpc) is 2.36. The maximum atomic E-state index is 11.8. The van der Waals surface area contributed by atoms with Crippen molar-refractivity contribution in [3.05, 3.63) is 34.9 Å². The summed E-state index contributed by atoms with van der Waals surface area (Å²) >= 11 is 0. The molecule has 0 aliphatic heterocycles. The van der Waals surface area contributed by atoms with Gasteiger partial charge in [0.1, 0.15) is 6.61 Å². The Morgan fingerprint density at radius 1 is 1.29 bits per heavy atom. The van der Waals surface area contributed by atoms with Crippen molar-refractivity contribution in [2.24, 2.45) is 0 Å². The summed E-state index contributed by atoms with van der Waals surface area (Å²) in [5.41, 5.74) is 3.41. The zero-order valence-corrected chi connectivity index (χ0v) is 12.2. The number of rotatable bonds is 7. The second kappa shape index (κ2) is 8.02. The van der Waals surface area contributed by atoms with Gasteiger partial charge < -0.3 is 10.1 Å². The highest BCUT2D eigenvalue weighted by atomic mass is 19.4. The molecule has 1 aromatic rings. The van der Waals surface area contributed by atoms with E-state index in [1.165, 1.54) is 5.56 Å². The molecule has 1 rings (SSSR count). The summed E-state index contributed by atoms with van der Waals surface area (Å²) in [5, 5.41) is 2.54. The highest BCUT2D eigenvalue weighted by molar-refractivity contribution is 5.76. The zero-order valence-electron chi connectivity index (χ0n) is 12.2. The number of hydrogen-bond donors (Lipinski definition) is 1. The summed E-state index contributed by atoms with van der Waals surface area (Å²) in [7, 11) is 0. The van der Waals surface area contributed by atoms with Crippen molar-refractivity contribution in [3.8, 4) is 0 Å². The number of alkyl halides is 3. The van der Waals surface area contributed by atoms with Crippen molar-refractivity contribution < 1.29 is 22.7 Å². The molecule has 0 heterocycles. The van der Waals surface area contributed by atoms with E-state index >= 15 is 0 Å². The van der Waals surface area contributed by atoms with Crippen molar-refractivity contribution in [2.45, 2.75) is 32.9 Å². The Kier molecular flexibility index (Phi) is 6.68. The molecule has 0 saturated heterocycles. The molecule has 0 bridgehead atoms. The van der Waals surface area contributed by atoms with Gasteiger partial charge in [-0.2, -0.15) is 13.2 Å². The molecule has 118 valence electrons. The number of carbonyl (C=O) groups excluding carboxylic acids is 1. The Morgan fingerprint density at radius 2 is 2.00 bits per heavy atom. The maximum absolute atomic E-state index is 11.8. The Labute approximate surface area is 122 Å². The van der Waals surface area contributed by atoms with Gasteiger partial charge in [0.2, 0.25) is 5.91 Å². The predicted octanol–water partition coefficient (Wildman–Crippen LogP) is 2.93. The van der Waals surface area contributed by atoms with E-state index in [1.54, 1.807) is 0 Å². The fraction of sp³-hybridized carbons (Fsp3) is 0.533. The largest absolute Gasteiger partial charge is 0.411 e. The van der Waals surface area contributed by atoms with Crippen LogP contribution < -0.4 is 5.32 Å². The van der Waals surface area contributed by atoms with Crippen LogP contribution in [0, 0.1) is 13.8 Å². The molecule has 0 radical (unpaired) electrons. The van der Waals surface area contributed by atoms with Gasteiger partial charge >= 0.3 is 6.18 Å². The van der Waals surface area contributed by atoms with Crippen molar-refractivity contribution >= 4 is 5.91 Å². The highest BCUT2D eigenvalue weighted by Crippen LogP contribution is 2.14. The van der Waals surface area contributed by atoms with Crippen LogP contribution in [0.4, 0.5) is 13.2 Å². The van der Waals surface area contributed by atoms with Crippen LogP contribution in [0.2, 0.25) is 0 Å². The smallest absolute Gasteiger partial charge is 0.370 e. The maximum Gasteiger partial charge on any atom is 0.411 e. The van der Waals surface area contributed by atoms with Gasteiger partial charge in [-0.3, -0.25) is 4.79 Å². The minimum absolute atomic E-state index is 0.0851. The van der Waals surface area contributed by atoms with Crippen LogP contribution in [-0.4, -0.2) is 31.8 Å². The molecule has 0 saturated carbocycles. The third-order valence-electron chi connectivity index (χ3n) is 2.95. The zero-order chi connectivity index (χ0) is 15.9. The molecule has 0 aromatic heterocycles. The lowest BCUT2D eigenvalue weighted by molar-refractivity contribution is -0.173.